The first-order valence-corrected chi connectivity index (χ1v) is 7.43. The highest BCUT2D eigenvalue weighted by molar-refractivity contribution is 6.31. The first-order valence-electron chi connectivity index (χ1n) is 7.05. The minimum atomic E-state index is -0.499. The van der Waals surface area contributed by atoms with Gasteiger partial charge in [0.15, 0.2) is 0 Å². The second-order valence-electron chi connectivity index (χ2n) is 5.34. The Hall–Kier alpha value is -1.59. The first-order chi connectivity index (χ1) is 9.99. The molecule has 1 saturated heterocycles. The summed E-state index contributed by atoms with van der Waals surface area (Å²) in [6.07, 6.45) is 1.64. The second-order valence-corrected chi connectivity index (χ2v) is 5.78. The molecular weight excluding hydrogens is 290 g/mol. The van der Waals surface area contributed by atoms with E-state index in [9.17, 15) is 9.59 Å². The number of amides is 2. The molecule has 1 aromatic carbocycles. The summed E-state index contributed by atoms with van der Waals surface area (Å²) < 4.78 is 0. The monoisotopic (exact) mass is 309 g/mol. The number of carbonyl (C=O) groups is 2. The number of benzene rings is 1. The van der Waals surface area contributed by atoms with Crippen molar-refractivity contribution < 1.29 is 9.59 Å². The number of carbonyl (C=O) groups excluding carboxylic acids is 2. The average molecular weight is 310 g/mol. The Morgan fingerprint density at radius 3 is 2.67 bits per heavy atom. The third kappa shape index (κ3) is 3.95. The number of rotatable bonds is 4. The van der Waals surface area contributed by atoms with Gasteiger partial charge < -0.3 is 16.0 Å². The van der Waals surface area contributed by atoms with E-state index in [-0.39, 0.29) is 18.5 Å². The number of primary amides is 1. The van der Waals surface area contributed by atoms with E-state index in [1.54, 1.807) is 23.1 Å². The number of aryl methyl sites for hydroxylation is 1. The third-order valence-electron chi connectivity index (χ3n) is 3.77. The Labute approximate surface area is 129 Å². The molecule has 0 atom stereocenters. The van der Waals surface area contributed by atoms with Gasteiger partial charge in [-0.2, -0.15) is 0 Å². The Bertz CT molecular complexity index is 542. The molecule has 1 aromatic rings. The van der Waals surface area contributed by atoms with Crippen LogP contribution < -0.4 is 11.1 Å². The highest BCUT2D eigenvalue weighted by atomic mass is 35.5. The van der Waals surface area contributed by atoms with Gasteiger partial charge in [-0.15, -0.1) is 0 Å². The molecule has 5 nitrogen and oxygen atoms in total. The summed E-state index contributed by atoms with van der Waals surface area (Å²) in [6, 6.07) is 5.23. The lowest BCUT2D eigenvalue weighted by Gasteiger charge is -2.34. The van der Waals surface area contributed by atoms with Crippen molar-refractivity contribution in [1.82, 2.24) is 10.2 Å². The summed E-state index contributed by atoms with van der Waals surface area (Å²) >= 11 is 5.98. The molecular formula is C15H20ClN3O2. The zero-order valence-electron chi connectivity index (χ0n) is 12.1. The maximum atomic E-state index is 12.8. The predicted octanol–water partition coefficient (Wildman–Crippen LogP) is 1.33. The van der Waals surface area contributed by atoms with E-state index in [2.05, 4.69) is 5.32 Å². The largest absolute Gasteiger partial charge is 0.368 e. The molecule has 2 rings (SSSR count). The SMILES string of the molecule is Cc1ccc(Cl)cc1C(=O)N(CC(N)=O)C1CCNCC1. The van der Waals surface area contributed by atoms with Crippen molar-refractivity contribution in [2.45, 2.75) is 25.8 Å². The van der Waals surface area contributed by atoms with Crippen LogP contribution in [0.15, 0.2) is 18.2 Å². The Morgan fingerprint density at radius 1 is 1.38 bits per heavy atom. The fourth-order valence-electron chi connectivity index (χ4n) is 2.63. The van der Waals surface area contributed by atoms with Crippen molar-refractivity contribution >= 4 is 23.4 Å². The van der Waals surface area contributed by atoms with Gasteiger partial charge >= 0.3 is 0 Å². The van der Waals surface area contributed by atoms with Crippen LogP contribution in [-0.2, 0) is 4.79 Å². The van der Waals surface area contributed by atoms with Crippen LogP contribution in [0.4, 0.5) is 0 Å². The molecule has 1 heterocycles. The summed E-state index contributed by atoms with van der Waals surface area (Å²) in [5.74, 6) is -0.678. The van der Waals surface area contributed by atoms with E-state index >= 15 is 0 Å². The lowest BCUT2D eigenvalue weighted by Crippen LogP contribution is -2.49. The van der Waals surface area contributed by atoms with E-state index in [1.807, 2.05) is 6.92 Å². The molecule has 1 aliphatic heterocycles. The zero-order valence-corrected chi connectivity index (χ0v) is 12.8. The van der Waals surface area contributed by atoms with Gasteiger partial charge in [-0.3, -0.25) is 9.59 Å². The lowest BCUT2D eigenvalue weighted by molar-refractivity contribution is -0.119. The summed E-state index contributed by atoms with van der Waals surface area (Å²) in [7, 11) is 0. The molecule has 2 amide bonds. The number of nitrogens with zero attached hydrogens (tertiary/aromatic N) is 1. The number of nitrogens with one attached hydrogen (secondary N) is 1. The molecule has 1 aliphatic rings. The fourth-order valence-corrected chi connectivity index (χ4v) is 2.80. The van der Waals surface area contributed by atoms with Crippen molar-refractivity contribution in [2.24, 2.45) is 5.73 Å². The number of hydrogen-bond acceptors (Lipinski definition) is 3. The van der Waals surface area contributed by atoms with Gasteiger partial charge in [-0.05, 0) is 50.6 Å². The number of hydrogen-bond donors (Lipinski definition) is 2. The standard InChI is InChI=1S/C15H20ClN3O2/c1-10-2-3-11(16)8-13(10)15(21)19(9-14(17)20)12-4-6-18-7-5-12/h2-3,8,12,18H,4-7,9H2,1H3,(H2,17,20). The normalized spacial score (nSPS) is 15.7. The number of halogens is 1. The summed E-state index contributed by atoms with van der Waals surface area (Å²) in [4.78, 5) is 25.7. The van der Waals surface area contributed by atoms with Crippen LogP contribution in [0.25, 0.3) is 0 Å². The Kier molecular flexibility index (Phi) is 5.20. The molecule has 0 unspecified atom stereocenters. The Balaban J connectivity index is 2.28. The van der Waals surface area contributed by atoms with E-state index in [4.69, 9.17) is 17.3 Å². The van der Waals surface area contributed by atoms with E-state index < -0.39 is 5.91 Å². The van der Waals surface area contributed by atoms with Crippen LogP contribution in [0.1, 0.15) is 28.8 Å². The van der Waals surface area contributed by atoms with Gasteiger partial charge in [0.25, 0.3) is 5.91 Å². The molecule has 6 heteroatoms. The molecule has 114 valence electrons. The van der Waals surface area contributed by atoms with Gasteiger partial charge in [0.2, 0.25) is 5.91 Å². The van der Waals surface area contributed by atoms with E-state index in [0.717, 1.165) is 31.5 Å². The number of nitrogens with two attached hydrogens (primary N) is 1. The summed E-state index contributed by atoms with van der Waals surface area (Å²) in [5, 5.41) is 3.75. The minimum absolute atomic E-state index is 0.0321. The van der Waals surface area contributed by atoms with Crippen molar-refractivity contribution in [2.75, 3.05) is 19.6 Å². The van der Waals surface area contributed by atoms with Gasteiger partial charge in [0.1, 0.15) is 0 Å². The smallest absolute Gasteiger partial charge is 0.254 e. The Morgan fingerprint density at radius 2 is 2.05 bits per heavy atom. The highest BCUT2D eigenvalue weighted by Gasteiger charge is 2.28. The van der Waals surface area contributed by atoms with Gasteiger partial charge in [-0.25, -0.2) is 0 Å². The predicted molar refractivity (Wildman–Crippen MR) is 82.3 cm³/mol. The van der Waals surface area contributed by atoms with Crippen molar-refractivity contribution in [3.05, 3.63) is 34.3 Å². The molecule has 21 heavy (non-hydrogen) atoms. The molecule has 0 aromatic heterocycles. The minimum Gasteiger partial charge on any atom is -0.368 e. The van der Waals surface area contributed by atoms with Crippen LogP contribution >= 0.6 is 11.6 Å². The van der Waals surface area contributed by atoms with Crippen LogP contribution in [0.3, 0.4) is 0 Å². The molecule has 0 radical (unpaired) electrons. The average Bonchev–Trinajstić information content (AvgIpc) is 2.47. The topological polar surface area (TPSA) is 75.4 Å². The third-order valence-corrected chi connectivity index (χ3v) is 4.00. The van der Waals surface area contributed by atoms with Crippen molar-refractivity contribution in [3.8, 4) is 0 Å². The first kappa shape index (κ1) is 15.8. The molecule has 0 aliphatic carbocycles. The molecule has 3 N–H and O–H groups in total. The van der Waals surface area contributed by atoms with Gasteiger partial charge in [0, 0.05) is 16.6 Å². The zero-order chi connectivity index (χ0) is 15.4. The molecule has 1 fully saturated rings. The number of piperidine rings is 1. The highest BCUT2D eigenvalue weighted by Crippen LogP contribution is 2.20. The van der Waals surface area contributed by atoms with E-state index in [1.165, 1.54) is 0 Å². The maximum absolute atomic E-state index is 12.8. The quantitative estimate of drug-likeness (QED) is 0.881. The van der Waals surface area contributed by atoms with Crippen LogP contribution in [0, 0.1) is 6.92 Å². The molecule has 0 bridgehead atoms. The maximum Gasteiger partial charge on any atom is 0.254 e. The van der Waals surface area contributed by atoms with Crippen LogP contribution in [0.2, 0.25) is 5.02 Å². The van der Waals surface area contributed by atoms with Crippen molar-refractivity contribution in [3.63, 3.8) is 0 Å². The molecule has 0 saturated carbocycles. The lowest BCUT2D eigenvalue weighted by atomic mass is 10.0. The van der Waals surface area contributed by atoms with Crippen LogP contribution in [-0.4, -0.2) is 42.4 Å². The second kappa shape index (κ2) is 6.91. The van der Waals surface area contributed by atoms with Gasteiger partial charge in [0.05, 0.1) is 6.54 Å². The molecule has 0 spiro atoms. The summed E-state index contributed by atoms with van der Waals surface area (Å²) in [6.45, 7) is 3.47. The van der Waals surface area contributed by atoms with Crippen molar-refractivity contribution in [1.29, 1.82) is 0 Å². The van der Waals surface area contributed by atoms with Crippen LogP contribution in [0.5, 0.6) is 0 Å². The fraction of sp³-hybridized carbons (Fsp3) is 0.467. The van der Waals surface area contributed by atoms with Gasteiger partial charge in [-0.1, -0.05) is 17.7 Å². The van der Waals surface area contributed by atoms with E-state index in [0.29, 0.717) is 10.6 Å². The summed E-state index contributed by atoms with van der Waals surface area (Å²) in [5.41, 5.74) is 6.68.